The predicted molar refractivity (Wildman–Crippen MR) is 94.8 cm³/mol. The third-order valence-electron chi connectivity index (χ3n) is 4.65. The van der Waals surface area contributed by atoms with E-state index in [1.54, 1.807) is 6.26 Å². The Bertz CT molecular complexity index is 1160. The van der Waals surface area contributed by atoms with Gasteiger partial charge < -0.3 is 8.82 Å². The van der Waals surface area contributed by atoms with Crippen LogP contribution < -0.4 is 0 Å². The molecule has 0 aliphatic rings. The Morgan fingerprint density at radius 2 is 1.61 bits per heavy atom. The number of rotatable bonds is 1. The molecule has 110 valence electrons. The fourth-order valence-corrected chi connectivity index (χ4v) is 3.63. The van der Waals surface area contributed by atoms with E-state index < -0.39 is 0 Å². The second kappa shape index (κ2) is 4.50. The molecule has 0 spiro atoms. The lowest BCUT2D eigenvalue weighted by Gasteiger charge is -2.09. The summed E-state index contributed by atoms with van der Waals surface area (Å²) in [5.74, 6) is 0.890. The van der Waals surface area contributed by atoms with E-state index in [1.165, 1.54) is 32.8 Å². The van der Waals surface area contributed by atoms with Gasteiger partial charge in [0, 0.05) is 10.8 Å². The minimum atomic E-state index is 0.890. The van der Waals surface area contributed by atoms with Crippen molar-refractivity contribution in [1.82, 2.24) is 4.40 Å². The molecule has 0 saturated carbocycles. The molecule has 5 aromatic rings. The largest absolute Gasteiger partial charge is 0.463 e. The Morgan fingerprint density at radius 3 is 2.43 bits per heavy atom. The molecule has 0 atom stereocenters. The predicted octanol–water partition coefficient (Wildman–Crippen LogP) is 5.81. The topological polar surface area (TPSA) is 17.6 Å². The van der Waals surface area contributed by atoms with Crippen molar-refractivity contribution in [3.05, 3.63) is 78.6 Å². The molecular weight excluding hydrogens is 282 g/mol. The minimum Gasteiger partial charge on any atom is -0.463 e. The number of furan rings is 1. The Hall–Kier alpha value is -3.00. The molecule has 3 aromatic heterocycles. The van der Waals surface area contributed by atoms with Gasteiger partial charge in [0.25, 0.3) is 0 Å². The second-order valence-electron chi connectivity index (χ2n) is 5.92. The van der Waals surface area contributed by atoms with Gasteiger partial charge in [0.15, 0.2) is 5.76 Å². The molecule has 0 amide bonds. The van der Waals surface area contributed by atoms with Crippen molar-refractivity contribution in [1.29, 1.82) is 0 Å². The van der Waals surface area contributed by atoms with Gasteiger partial charge in [-0.25, -0.2) is 0 Å². The molecule has 0 aliphatic carbocycles. The van der Waals surface area contributed by atoms with Crippen LogP contribution in [-0.4, -0.2) is 4.40 Å². The molecule has 3 heterocycles. The molecule has 0 N–H and O–H groups in total. The second-order valence-corrected chi connectivity index (χ2v) is 5.92. The van der Waals surface area contributed by atoms with Gasteiger partial charge in [-0.3, -0.25) is 0 Å². The van der Waals surface area contributed by atoms with Crippen LogP contribution in [0.4, 0.5) is 0 Å². The molecule has 0 saturated heterocycles. The first-order chi connectivity index (χ1) is 11.3. The van der Waals surface area contributed by atoms with Gasteiger partial charge in [0.2, 0.25) is 0 Å². The van der Waals surface area contributed by atoms with Crippen LogP contribution in [0.1, 0.15) is 5.56 Å². The maximum absolute atomic E-state index is 5.71. The Morgan fingerprint density at radius 1 is 0.826 bits per heavy atom. The van der Waals surface area contributed by atoms with Crippen LogP contribution in [0.15, 0.2) is 77.4 Å². The number of benzene rings is 2. The van der Waals surface area contributed by atoms with Crippen molar-refractivity contribution < 1.29 is 4.42 Å². The molecule has 0 bridgehead atoms. The van der Waals surface area contributed by atoms with E-state index in [9.17, 15) is 0 Å². The van der Waals surface area contributed by atoms with E-state index in [4.69, 9.17) is 4.42 Å². The Labute approximate surface area is 133 Å². The molecule has 0 radical (unpaired) electrons. The summed E-state index contributed by atoms with van der Waals surface area (Å²) in [5, 5.41) is 3.80. The smallest absolute Gasteiger partial charge is 0.150 e. The van der Waals surface area contributed by atoms with E-state index in [0.717, 1.165) is 11.5 Å². The summed E-state index contributed by atoms with van der Waals surface area (Å²) in [4.78, 5) is 0. The number of nitrogens with zero attached hydrogens (tertiary/aromatic N) is 1. The maximum atomic E-state index is 5.71. The number of hydrogen-bond donors (Lipinski definition) is 0. The number of aromatic nitrogens is 1. The summed E-state index contributed by atoms with van der Waals surface area (Å²) in [6, 6.07) is 23.3. The molecule has 0 fully saturated rings. The SMILES string of the molecule is Cc1c2ccccc2n2c(-c3ccco3)cc3ccccc3c12. The highest BCUT2D eigenvalue weighted by molar-refractivity contribution is 6.07. The summed E-state index contributed by atoms with van der Waals surface area (Å²) in [5.41, 5.74) is 4.88. The maximum Gasteiger partial charge on any atom is 0.150 e. The lowest BCUT2D eigenvalue weighted by molar-refractivity contribution is 0.579. The van der Waals surface area contributed by atoms with Gasteiger partial charge in [-0.1, -0.05) is 42.5 Å². The van der Waals surface area contributed by atoms with Crippen molar-refractivity contribution >= 4 is 27.2 Å². The van der Waals surface area contributed by atoms with Crippen molar-refractivity contribution in [3.63, 3.8) is 0 Å². The monoisotopic (exact) mass is 297 g/mol. The zero-order valence-electron chi connectivity index (χ0n) is 12.8. The van der Waals surface area contributed by atoms with Crippen LogP contribution in [0.5, 0.6) is 0 Å². The van der Waals surface area contributed by atoms with Crippen LogP contribution in [0.3, 0.4) is 0 Å². The van der Waals surface area contributed by atoms with Gasteiger partial charge in [-0.05, 0) is 42.1 Å². The Balaban J connectivity index is 2.13. The molecule has 0 unspecified atom stereocenters. The third-order valence-corrected chi connectivity index (χ3v) is 4.65. The van der Waals surface area contributed by atoms with Crippen LogP contribution in [0.2, 0.25) is 0 Å². The zero-order chi connectivity index (χ0) is 15.4. The van der Waals surface area contributed by atoms with E-state index in [-0.39, 0.29) is 0 Å². The van der Waals surface area contributed by atoms with E-state index in [2.05, 4.69) is 65.9 Å². The fraction of sp³-hybridized carbons (Fsp3) is 0.0476. The summed E-state index contributed by atoms with van der Waals surface area (Å²) in [6.45, 7) is 2.20. The van der Waals surface area contributed by atoms with Gasteiger partial charge >= 0.3 is 0 Å². The van der Waals surface area contributed by atoms with E-state index in [0.29, 0.717) is 0 Å². The standard InChI is InChI=1S/C21H15NO/c1-14-16-8-4-5-10-18(16)22-19(20-11-6-12-23-20)13-15-7-2-3-9-17(15)21(14)22/h2-13H,1H3. The van der Waals surface area contributed by atoms with Crippen LogP contribution in [0.25, 0.3) is 38.6 Å². The first kappa shape index (κ1) is 12.5. The van der Waals surface area contributed by atoms with Crippen molar-refractivity contribution in [2.24, 2.45) is 0 Å². The average molecular weight is 297 g/mol. The van der Waals surface area contributed by atoms with Crippen molar-refractivity contribution in [3.8, 4) is 11.5 Å². The highest BCUT2D eigenvalue weighted by Crippen LogP contribution is 2.36. The molecule has 2 aromatic carbocycles. The quantitative estimate of drug-likeness (QED) is 0.381. The van der Waals surface area contributed by atoms with Crippen molar-refractivity contribution in [2.45, 2.75) is 6.92 Å². The molecule has 0 aliphatic heterocycles. The molecule has 2 heteroatoms. The van der Waals surface area contributed by atoms with Crippen molar-refractivity contribution in [2.75, 3.05) is 0 Å². The average Bonchev–Trinajstić information content (AvgIpc) is 3.22. The number of aryl methyl sites for hydroxylation is 1. The van der Waals surface area contributed by atoms with Gasteiger partial charge in [-0.15, -0.1) is 0 Å². The molecular formula is C21H15NO. The number of pyridine rings is 1. The summed E-state index contributed by atoms with van der Waals surface area (Å²) in [7, 11) is 0. The lowest BCUT2D eigenvalue weighted by atomic mass is 10.1. The summed E-state index contributed by atoms with van der Waals surface area (Å²) in [6.07, 6.45) is 1.73. The number of hydrogen-bond acceptors (Lipinski definition) is 1. The minimum absolute atomic E-state index is 0.890. The van der Waals surface area contributed by atoms with Gasteiger partial charge in [-0.2, -0.15) is 0 Å². The summed E-state index contributed by atoms with van der Waals surface area (Å²) < 4.78 is 8.04. The lowest BCUT2D eigenvalue weighted by Crippen LogP contribution is -1.92. The van der Waals surface area contributed by atoms with Gasteiger partial charge in [0.1, 0.15) is 0 Å². The molecule has 5 rings (SSSR count). The van der Waals surface area contributed by atoms with Gasteiger partial charge in [0.05, 0.1) is 23.0 Å². The third kappa shape index (κ3) is 1.63. The first-order valence-corrected chi connectivity index (χ1v) is 7.80. The first-order valence-electron chi connectivity index (χ1n) is 7.80. The normalized spacial score (nSPS) is 11.7. The highest BCUT2D eigenvalue weighted by atomic mass is 16.3. The fourth-order valence-electron chi connectivity index (χ4n) is 3.63. The van der Waals surface area contributed by atoms with E-state index >= 15 is 0 Å². The highest BCUT2D eigenvalue weighted by Gasteiger charge is 2.16. The zero-order valence-corrected chi connectivity index (χ0v) is 12.8. The molecule has 23 heavy (non-hydrogen) atoms. The van der Waals surface area contributed by atoms with Crippen LogP contribution in [-0.2, 0) is 0 Å². The number of fused-ring (bicyclic) bond motifs is 5. The van der Waals surface area contributed by atoms with Crippen LogP contribution >= 0.6 is 0 Å². The Kier molecular flexibility index (Phi) is 2.45. The number of para-hydroxylation sites is 1. The van der Waals surface area contributed by atoms with E-state index in [1.807, 2.05) is 12.1 Å². The van der Waals surface area contributed by atoms with Crippen LogP contribution in [0, 0.1) is 6.92 Å². The summed E-state index contributed by atoms with van der Waals surface area (Å²) >= 11 is 0. The molecule has 2 nitrogen and oxygen atoms in total.